The summed E-state index contributed by atoms with van der Waals surface area (Å²) in [6.07, 6.45) is 1.55. The maximum Gasteiger partial charge on any atom is 0.274 e. The van der Waals surface area contributed by atoms with Crippen LogP contribution in [-0.2, 0) is 4.79 Å². The number of Topliss-reactive ketones (excluding diaryl/α,β-unsaturated/α-hetero) is 1. The van der Waals surface area contributed by atoms with E-state index in [4.69, 9.17) is 0 Å². The van der Waals surface area contributed by atoms with Gasteiger partial charge in [-0.3, -0.25) is 14.4 Å². The van der Waals surface area contributed by atoms with Crippen molar-refractivity contribution < 1.29 is 14.4 Å². The molecule has 29 heavy (non-hydrogen) atoms. The Balaban J connectivity index is 1.63. The molecule has 0 aliphatic heterocycles. The van der Waals surface area contributed by atoms with Crippen LogP contribution in [0.3, 0.4) is 0 Å². The number of carbonyl (C=O) groups is 3. The van der Waals surface area contributed by atoms with Gasteiger partial charge < -0.3 is 16.0 Å². The van der Waals surface area contributed by atoms with Gasteiger partial charge in [0.1, 0.15) is 5.69 Å². The van der Waals surface area contributed by atoms with Crippen molar-refractivity contribution in [3.63, 3.8) is 0 Å². The van der Waals surface area contributed by atoms with E-state index in [0.717, 1.165) is 5.69 Å². The third-order valence-electron chi connectivity index (χ3n) is 4.02. The van der Waals surface area contributed by atoms with Crippen molar-refractivity contribution in [2.24, 2.45) is 0 Å². The van der Waals surface area contributed by atoms with Gasteiger partial charge in [0, 0.05) is 29.5 Å². The molecule has 0 fully saturated rings. The molecule has 0 spiro atoms. The average Bonchev–Trinajstić information content (AvgIpc) is 2.70. The molecule has 0 bridgehead atoms. The maximum atomic E-state index is 12.4. The van der Waals surface area contributed by atoms with E-state index >= 15 is 0 Å². The highest BCUT2D eigenvalue weighted by molar-refractivity contribution is 6.03. The van der Waals surface area contributed by atoms with Crippen LogP contribution >= 0.6 is 0 Å². The number of amides is 2. The second-order valence-corrected chi connectivity index (χ2v) is 6.41. The van der Waals surface area contributed by atoms with Gasteiger partial charge in [0.05, 0.1) is 11.9 Å². The molecule has 1 aromatic heterocycles. The van der Waals surface area contributed by atoms with Crippen molar-refractivity contribution in [3.05, 3.63) is 78.1 Å². The second-order valence-electron chi connectivity index (χ2n) is 6.41. The predicted molar refractivity (Wildman–Crippen MR) is 113 cm³/mol. The fourth-order valence-electron chi connectivity index (χ4n) is 2.62. The van der Waals surface area contributed by atoms with Gasteiger partial charge in [0.25, 0.3) is 5.91 Å². The number of benzene rings is 2. The minimum Gasteiger partial charge on any atom is -0.354 e. The fourth-order valence-corrected chi connectivity index (χ4v) is 2.62. The molecule has 0 aliphatic carbocycles. The first-order chi connectivity index (χ1) is 13.9. The Morgan fingerprint density at radius 1 is 0.759 bits per heavy atom. The largest absolute Gasteiger partial charge is 0.354 e. The summed E-state index contributed by atoms with van der Waals surface area (Å²) in [5.74, 6) is -0.515. The van der Waals surface area contributed by atoms with Crippen LogP contribution in [0.1, 0.15) is 34.7 Å². The van der Waals surface area contributed by atoms with Crippen LogP contribution in [0.2, 0.25) is 0 Å². The molecular weight excluding hydrogens is 368 g/mol. The van der Waals surface area contributed by atoms with Crippen LogP contribution in [0.5, 0.6) is 0 Å². The molecule has 7 heteroatoms. The highest BCUT2D eigenvalue weighted by Crippen LogP contribution is 2.18. The number of ketones is 1. The molecule has 2 amide bonds. The number of nitrogens with one attached hydrogen (secondary N) is 3. The van der Waals surface area contributed by atoms with Gasteiger partial charge in [-0.2, -0.15) is 0 Å². The number of carbonyl (C=O) groups excluding carboxylic acids is 3. The SMILES string of the molecule is CC(=O)Nc1ccc(NC(=O)c2ccc(Nc3cccc(C(C)=O)c3)cn2)cc1. The normalized spacial score (nSPS) is 10.1. The summed E-state index contributed by atoms with van der Waals surface area (Å²) in [5, 5.41) is 8.57. The van der Waals surface area contributed by atoms with Gasteiger partial charge in [-0.1, -0.05) is 12.1 Å². The molecular formula is C22H20N4O3. The Bertz CT molecular complexity index is 1040. The van der Waals surface area contributed by atoms with Crippen LogP contribution in [0.15, 0.2) is 66.9 Å². The Morgan fingerprint density at radius 3 is 2.00 bits per heavy atom. The third kappa shape index (κ3) is 5.49. The lowest BCUT2D eigenvalue weighted by Gasteiger charge is -2.09. The Kier molecular flexibility index (Phi) is 5.99. The lowest BCUT2D eigenvalue weighted by molar-refractivity contribution is -0.114. The van der Waals surface area contributed by atoms with Gasteiger partial charge in [0.15, 0.2) is 5.78 Å². The van der Waals surface area contributed by atoms with Gasteiger partial charge in [-0.05, 0) is 55.5 Å². The van der Waals surface area contributed by atoms with Crippen LogP contribution in [0.4, 0.5) is 22.7 Å². The van der Waals surface area contributed by atoms with Crippen molar-refractivity contribution >= 4 is 40.3 Å². The van der Waals surface area contributed by atoms with Gasteiger partial charge in [-0.25, -0.2) is 4.98 Å². The molecule has 3 aromatic rings. The zero-order chi connectivity index (χ0) is 20.8. The number of pyridine rings is 1. The number of nitrogens with zero attached hydrogens (tertiary/aromatic N) is 1. The Labute approximate surface area is 168 Å². The summed E-state index contributed by atoms with van der Waals surface area (Å²) < 4.78 is 0. The smallest absolute Gasteiger partial charge is 0.274 e. The minimum atomic E-state index is -0.345. The maximum absolute atomic E-state index is 12.4. The molecule has 3 N–H and O–H groups in total. The summed E-state index contributed by atoms with van der Waals surface area (Å²) in [6, 6.07) is 17.3. The Morgan fingerprint density at radius 2 is 1.41 bits per heavy atom. The lowest BCUT2D eigenvalue weighted by Crippen LogP contribution is -2.13. The van der Waals surface area contributed by atoms with Crippen LogP contribution in [-0.4, -0.2) is 22.6 Å². The first kappa shape index (κ1) is 19.8. The molecule has 0 unspecified atom stereocenters. The van der Waals surface area contributed by atoms with E-state index in [1.807, 2.05) is 6.07 Å². The standard InChI is InChI=1S/C22H20N4O3/c1-14(27)16-4-3-5-19(12-16)25-20-10-11-21(23-13-20)22(29)26-18-8-6-17(7-9-18)24-15(2)28/h3-13,25H,1-2H3,(H,24,28)(H,26,29). The topological polar surface area (TPSA) is 100 Å². The molecule has 3 rings (SSSR count). The molecule has 0 radical (unpaired) electrons. The van der Waals surface area contributed by atoms with Crippen molar-refractivity contribution in [3.8, 4) is 0 Å². The van der Waals surface area contributed by atoms with Crippen molar-refractivity contribution in [2.75, 3.05) is 16.0 Å². The first-order valence-electron chi connectivity index (χ1n) is 8.94. The monoisotopic (exact) mass is 388 g/mol. The lowest BCUT2D eigenvalue weighted by atomic mass is 10.1. The zero-order valence-corrected chi connectivity index (χ0v) is 16.0. The van der Waals surface area contributed by atoms with E-state index in [-0.39, 0.29) is 23.3 Å². The molecule has 146 valence electrons. The first-order valence-corrected chi connectivity index (χ1v) is 8.94. The summed E-state index contributed by atoms with van der Waals surface area (Å²) in [5.41, 5.74) is 3.58. The quantitative estimate of drug-likeness (QED) is 0.549. The van der Waals surface area contributed by atoms with Crippen LogP contribution in [0.25, 0.3) is 0 Å². The molecule has 0 saturated heterocycles. The van der Waals surface area contributed by atoms with E-state index in [1.54, 1.807) is 60.8 Å². The summed E-state index contributed by atoms with van der Waals surface area (Å²) in [4.78, 5) is 39.1. The molecule has 1 heterocycles. The van der Waals surface area contributed by atoms with Crippen LogP contribution in [0, 0.1) is 0 Å². The van der Waals surface area contributed by atoms with Gasteiger partial charge >= 0.3 is 0 Å². The predicted octanol–water partition coefficient (Wildman–Crippen LogP) is 4.24. The number of aromatic nitrogens is 1. The number of hydrogen-bond acceptors (Lipinski definition) is 5. The van der Waals surface area contributed by atoms with E-state index in [1.165, 1.54) is 13.8 Å². The van der Waals surface area contributed by atoms with Gasteiger partial charge in [0.2, 0.25) is 5.91 Å². The van der Waals surface area contributed by atoms with E-state index in [2.05, 4.69) is 20.9 Å². The second kappa shape index (κ2) is 8.79. The Hall–Kier alpha value is -4.00. The summed E-state index contributed by atoms with van der Waals surface area (Å²) >= 11 is 0. The fraction of sp³-hybridized carbons (Fsp3) is 0.0909. The molecule has 0 atom stereocenters. The number of hydrogen-bond donors (Lipinski definition) is 3. The van der Waals surface area contributed by atoms with Crippen molar-refractivity contribution in [1.29, 1.82) is 0 Å². The molecule has 0 saturated carbocycles. The van der Waals surface area contributed by atoms with E-state index in [0.29, 0.717) is 22.6 Å². The van der Waals surface area contributed by atoms with Crippen LogP contribution < -0.4 is 16.0 Å². The molecule has 2 aromatic carbocycles. The van der Waals surface area contributed by atoms with E-state index < -0.39 is 0 Å². The highest BCUT2D eigenvalue weighted by Gasteiger charge is 2.08. The summed E-state index contributed by atoms with van der Waals surface area (Å²) in [6.45, 7) is 2.95. The van der Waals surface area contributed by atoms with Gasteiger partial charge in [-0.15, -0.1) is 0 Å². The molecule has 7 nitrogen and oxygen atoms in total. The third-order valence-corrected chi connectivity index (χ3v) is 4.02. The molecule has 0 aliphatic rings. The number of rotatable bonds is 6. The minimum absolute atomic E-state index is 0.0103. The highest BCUT2D eigenvalue weighted by atomic mass is 16.2. The van der Waals surface area contributed by atoms with Crippen molar-refractivity contribution in [1.82, 2.24) is 4.98 Å². The zero-order valence-electron chi connectivity index (χ0n) is 16.0. The van der Waals surface area contributed by atoms with Crippen molar-refractivity contribution in [2.45, 2.75) is 13.8 Å². The number of anilines is 4. The van der Waals surface area contributed by atoms with E-state index in [9.17, 15) is 14.4 Å². The summed E-state index contributed by atoms with van der Waals surface area (Å²) in [7, 11) is 0. The average molecular weight is 388 g/mol.